The molecule has 0 heterocycles. The summed E-state index contributed by atoms with van der Waals surface area (Å²) in [6.07, 6.45) is 0. The Labute approximate surface area is 113 Å². The van der Waals surface area contributed by atoms with Crippen LogP contribution in [-0.4, -0.2) is 32.2 Å². The highest BCUT2D eigenvalue weighted by molar-refractivity contribution is 5.81. The van der Waals surface area contributed by atoms with Gasteiger partial charge in [-0.2, -0.15) is 0 Å². The fourth-order valence-electron chi connectivity index (χ4n) is 1.61. The van der Waals surface area contributed by atoms with Gasteiger partial charge < -0.3 is 15.4 Å². The first-order valence-corrected chi connectivity index (χ1v) is 6.29. The number of carbonyl (C=O) groups is 1. The first-order valence-electron chi connectivity index (χ1n) is 6.29. The highest BCUT2D eigenvalue weighted by Crippen LogP contribution is 2.09. The van der Waals surface area contributed by atoms with E-state index in [0.717, 1.165) is 5.56 Å². The molecule has 0 aliphatic heterocycles. The molecule has 0 spiro atoms. The van der Waals surface area contributed by atoms with E-state index < -0.39 is 0 Å². The Morgan fingerprint density at radius 1 is 1.47 bits per heavy atom. The number of ether oxygens (including phenoxy) is 1. The molecule has 4 nitrogen and oxygen atoms in total. The highest BCUT2D eigenvalue weighted by atomic mass is 19.1. The molecule has 0 saturated heterocycles. The van der Waals surface area contributed by atoms with E-state index in [9.17, 15) is 9.18 Å². The predicted octanol–water partition coefficient (Wildman–Crippen LogP) is 1.37. The van der Waals surface area contributed by atoms with Gasteiger partial charge in [0.05, 0.1) is 12.6 Å². The fraction of sp³-hybridized carbons (Fsp3) is 0.500. The summed E-state index contributed by atoms with van der Waals surface area (Å²) in [5.74, 6) is -0.287. The monoisotopic (exact) mass is 268 g/mol. The van der Waals surface area contributed by atoms with Crippen LogP contribution in [0.3, 0.4) is 0 Å². The minimum atomic E-state index is -0.304. The number of hydrogen-bond acceptors (Lipinski definition) is 3. The van der Waals surface area contributed by atoms with Gasteiger partial charge in [-0.1, -0.05) is 12.1 Å². The maximum absolute atomic E-state index is 13.1. The lowest BCUT2D eigenvalue weighted by Gasteiger charge is -2.14. The predicted molar refractivity (Wildman–Crippen MR) is 72.3 cm³/mol. The number of methoxy groups -OCH3 is 1. The Morgan fingerprint density at radius 2 is 2.21 bits per heavy atom. The Kier molecular flexibility index (Phi) is 6.45. The van der Waals surface area contributed by atoms with E-state index in [0.29, 0.717) is 25.3 Å². The number of benzene rings is 1. The summed E-state index contributed by atoms with van der Waals surface area (Å²) in [5.41, 5.74) is 1.56. The molecule has 1 aromatic carbocycles. The van der Waals surface area contributed by atoms with Gasteiger partial charge in [0, 0.05) is 20.2 Å². The third kappa shape index (κ3) is 5.36. The van der Waals surface area contributed by atoms with Gasteiger partial charge in [0.2, 0.25) is 5.91 Å². The van der Waals surface area contributed by atoms with Crippen molar-refractivity contribution in [3.8, 4) is 0 Å². The molecule has 1 rings (SSSR count). The zero-order valence-corrected chi connectivity index (χ0v) is 11.6. The topological polar surface area (TPSA) is 50.4 Å². The van der Waals surface area contributed by atoms with Gasteiger partial charge in [0.1, 0.15) is 5.82 Å². The van der Waals surface area contributed by atoms with E-state index in [2.05, 4.69) is 10.6 Å². The molecule has 0 bridgehead atoms. The number of aryl methyl sites for hydroxylation is 1. The third-order valence-corrected chi connectivity index (χ3v) is 2.83. The van der Waals surface area contributed by atoms with Crippen LogP contribution in [0.15, 0.2) is 18.2 Å². The fourth-order valence-corrected chi connectivity index (χ4v) is 1.61. The van der Waals surface area contributed by atoms with Gasteiger partial charge >= 0.3 is 0 Å². The van der Waals surface area contributed by atoms with E-state index in [1.54, 1.807) is 33.1 Å². The average molecular weight is 268 g/mol. The van der Waals surface area contributed by atoms with E-state index in [1.807, 2.05) is 0 Å². The van der Waals surface area contributed by atoms with Crippen LogP contribution in [0.1, 0.15) is 18.1 Å². The van der Waals surface area contributed by atoms with Gasteiger partial charge in [0.25, 0.3) is 0 Å². The van der Waals surface area contributed by atoms with E-state index in [4.69, 9.17) is 4.74 Å². The SMILES string of the molecule is COCCNC(=O)C(C)NCc1ccc(F)c(C)c1. The van der Waals surface area contributed by atoms with E-state index in [-0.39, 0.29) is 17.8 Å². The summed E-state index contributed by atoms with van der Waals surface area (Å²) in [6, 6.07) is 4.63. The minimum Gasteiger partial charge on any atom is -0.383 e. The standard InChI is InChI=1S/C14H21FN2O2/c1-10-8-12(4-5-13(10)15)9-17-11(2)14(18)16-6-7-19-3/h4-5,8,11,17H,6-7,9H2,1-3H3,(H,16,18). The molecular formula is C14H21FN2O2. The molecule has 1 atom stereocenters. The molecule has 0 saturated carbocycles. The lowest BCUT2D eigenvalue weighted by Crippen LogP contribution is -2.42. The van der Waals surface area contributed by atoms with Gasteiger partial charge in [-0.25, -0.2) is 4.39 Å². The van der Waals surface area contributed by atoms with Crippen molar-refractivity contribution in [2.75, 3.05) is 20.3 Å². The largest absolute Gasteiger partial charge is 0.383 e. The molecule has 0 radical (unpaired) electrons. The van der Waals surface area contributed by atoms with E-state index in [1.165, 1.54) is 6.07 Å². The zero-order chi connectivity index (χ0) is 14.3. The summed E-state index contributed by atoms with van der Waals surface area (Å²) < 4.78 is 18.0. The molecule has 0 aliphatic carbocycles. The molecule has 1 unspecified atom stereocenters. The molecule has 0 aliphatic rings. The molecule has 0 fully saturated rings. The molecule has 19 heavy (non-hydrogen) atoms. The van der Waals surface area contributed by atoms with Crippen molar-refractivity contribution in [3.63, 3.8) is 0 Å². The van der Waals surface area contributed by atoms with Crippen molar-refractivity contribution in [1.29, 1.82) is 0 Å². The molecule has 106 valence electrons. The van der Waals surface area contributed by atoms with Crippen molar-refractivity contribution in [3.05, 3.63) is 35.1 Å². The van der Waals surface area contributed by atoms with Crippen molar-refractivity contribution in [1.82, 2.24) is 10.6 Å². The molecule has 1 aromatic rings. The second-order valence-electron chi connectivity index (χ2n) is 4.47. The van der Waals surface area contributed by atoms with Crippen LogP contribution in [0.5, 0.6) is 0 Å². The Hall–Kier alpha value is -1.46. The quantitative estimate of drug-likeness (QED) is 0.734. The Balaban J connectivity index is 2.38. The van der Waals surface area contributed by atoms with Gasteiger partial charge in [0.15, 0.2) is 0 Å². The average Bonchev–Trinajstić information content (AvgIpc) is 2.40. The molecular weight excluding hydrogens is 247 g/mol. The maximum atomic E-state index is 13.1. The van der Waals surface area contributed by atoms with Crippen LogP contribution in [0.4, 0.5) is 4.39 Å². The maximum Gasteiger partial charge on any atom is 0.236 e. The van der Waals surface area contributed by atoms with Crippen LogP contribution < -0.4 is 10.6 Å². The second kappa shape index (κ2) is 7.86. The molecule has 5 heteroatoms. The normalized spacial score (nSPS) is 12.2. The van der Waals surface area contributed by atoms with Crippen LogP contribution >= 0.6 is 0 Å². The summed E-state index contributed by atoms with van der Waals surface area (Å²) >= 11 is 0. The number of carbonyl (C=O) groups excluding carboxylic acids is 1. The van der Waals surface area contributed by atoms with Crippen molar-refractivity contribution < 1.29 is 13.9 Å². The van der Waals surface area contributed by atoms with Crippen LogP contribution in [0.25, 0.3) is 0 Å². The van der Waals surface area contributed by atoms with Gasteiger partial charge in [-0.05, 0) is 31.0 Å². The smallest absolute Gasteiger partial charge is 0.236 e. The van der Waals surface area contributed by atoms with Gasteiger partial charge in [-0.3, -0.25) is 4.79 Å². The number of amides is 1. The first-order chi connectivity index (χ1) is 9.04. The minimum absolute atomic E-state index is 0.0733. The van der Waals surface area contributed by atoms with Crippen molar-refractivity contribution in [2.24, 2.45) is 0 Å². The van der Waals surface area contributed by atoms with Crippen molar-refractivity contribution >= 4 is 5.91 Å². The summed E-state index contributed by atoms with van der Waals surface area (Å²) in [5, 5.41) is 5.85. The third-order valence-electron chi connectivity index (χ3n) is 2.83. The molecule has 1 amide bonds. The number of hydrogen-bond donors (Lipinski definition) is 2. The first kappa shape index (κ1) is 15.6. The van der Waals surface area contributed by atoms with Gasteiger partial charge in [-0.15, -0.1) is 0 Å². The lowest BCUT2D eigenvalue weighted by atomic mass is 10.1. The summed E-state index contributed by atoms with van der Waals surface area (Å²) in [4.78, 5) is 11.7. The second-order valence-corrected chi connectivity index (χ2v) is 4.47. The number of rotatable bonds is 7. The highest BCUT2D eigenvalue weighted by Gasteiger charge is 2.11. The summed E-state index contributed by atoms with van der Waals surface area (Å²) in [7, 11) is 1.59. The number of halogens is 1. The van der Waals surface area contributed by atoms with Crippen molar-refractivity contribution in [2.45, 2.75) is 26.4 Å². The molecule has 0 aromatic heterocycles. The molecule has 2 N–H and O–H groups in total. The van der Waals surface area contributed by atoms with Crippen LogP contribution in [0, 0.1) is 12.7 Å². The number of nitrogens with one attached hydrogen (secondary N) is 2. The van der Waals surface area contributed by atoms with E-state index >= 15 is 0 Å². The zero-order valence-electron chi connectivity index (χ0n) is 11.6. The lowest BCUT2D eigenvalue weighted by molar-refractivity contribution is -0.122. The Morgan fingerprint density at radius 3 is 2.84 bits per heavy atom. The van der Waals surface area contributed by atoms with Crippen LogP contribution in [0.2, 0.25) is 0 Å². The summed E-state index contributed by atoms with van der Waals surface area (Å²) in [6.45, 7) is 5.03. The van der Waals surface area contributed by atoms with Crippen LogP contribution in [-0.2, 0) is 16.1 Å². The Bertz CT molecular complexity index is 424.